The van der Waals surface area contributed by atoms with Crippen molar-refractivity contribution in [2.45, 2.75) is 32.7 Å². The third kappa shape index (κ3) is 2.58. The first kappa shape index (κ1) is 14.0. The van der Waals surface area contributed by atoms with Gasteiger partial charge >= 0.3 is 5.97 Å². The van der Waals surface area contributed by atoms with E-state index < -0.39 is 16.4 Å². The summed E-state index contributed by atoms with van der Waals surface area (Å²) in [6.45, 7) is 4.83. The van der Waals surface area contributed by atoms with Crippen LogP contribution in [0.4, 0.5) is 11.4 Å². The first-order valence-electron chi connectivity index (χ1n) is 5.57. The Morgan fingerprint density at radius 3 is 2.61 bits per heavy atom. The Labute approximate surface area is 105 Å². The van der Waals surface area contributed by atoms with Crippen LogP contribution in [0.5, 0.6) is 0 Å². The van der Waals surface area contributed by atoms with Crippen LogP contribution in [0.25, 0.3) is 0 Å². The largest absolute Gasteiger partial charge is 0.480 e. The highest BCUT2D eigenvalue weighted by Crippen LogP contribution is 2.31. The van der Waals surface area contributed by atoms with E-state index in [1.165, 1.54) is 13.0 Å². The summed E-state index contributed by atoms with van der Waals surface area (Å²) in [5.41, 5.74) is -0.586. The molecule has 0 spiro atoms. The highest BCUT2D eigenvalue weighted by Gasteiger charge is 2.33. The van der Waals surface area contributed by atoms with Gasteiger partial charge in [0.05, 0.1) is 4.92 Å². The van der Waals surface area contributed by atoms with Gasteiger partial charge in [0, 0.05) is 5.56 Å². The van der Waals surface area contributed by atoms with Crippen LogP contribution in [0.3, 0.4) is 0 Å². The van der Waals surface area contributed by atoms with Gasteiger partial charge in [-0.25, -0.2) is 4.79 Å². The average molecular weight is 252 g/mol. The number of anilines is 1. The standard InChI is InChI=1S/C12H16N2O4/c1-4-12(3,11(15)16)13-9-7-5-6-8(2)10(9)14(17)18/h5-7,13H,4H2,1-3H3,(H,15,16). The second-order valence-electron chi connectivity index (χ2n) is 4.34. The van der Waals surface area contributed by atoms with Crippen LogP contribution in [0.2, 0.25) is 0 Å². The van der Waals surface area contributed by atoms with Crippen LogP contribution in [-0.2, 0) is 4.79 Å². The van der Waals surface area contributed by atoms with Crippen LogP contribution in [0.1, 0.15) is 25.8 Å². The van der Waals surface area contributed by atoms with Crippen molar-refractivity contribution in [1.29, 1.82) is 0 Å². The van der Waals surface area contributed by atoms with Gasteiger partial charge in [0.1, 0.15) is 11.2 Å². The van der Waals surface area contributed by atoms with E-state index in [0.29, 0.717) is 12.0 Å². The van der Waals surface area contributed by atoms with Crippen molar-refractivity contribution in [3.05, 3.63) is 33.9 Å². The van der Waals surface area contributed by atoms with Crippen molar-refractivity contribution in [2.75, 3.05) is 5.32 Å². The van der Waals surface area contributed by atoms with Gasteiger partial charge in [0.2, 0.25) is 0 Å². The van der Waals surface area contributed by atoms with Gasteiger partial charge in [-0.2, -0.15) is 0 Å². The molecular weight excluding hydrogens is 236 g/mol. The van der Waals surface area contributed by atoms with Gasteiger partial charge in [0.25, 0.3) is 5.69 Å². The van der Waals surface area contributed by atoms with E-state index >= 15 is 0 Å². The first-order valence-corrected chi connectivity index (χ1v) is 5.57. The molecule has 1 aromatic rings. The number of carboxylic acid groups (broad SMARTS) is 1. The Morgan fingerprint density at radius 2 is 2.17 bits per heavy atom. The second-order valence-corrected chi connectivity index (χ2v) is 4.34. The molecule has 1 unspecified atom stereocenters. The zero-order valence-corrected chi connectivity index (χ0v) is 10.6. The molecule has 0 amide bonds. The summed E-state index contributed by atoms with van der Waals surface area (Å²) < 4.78 is 0. The van der Waals surface area contributed by atoms with Crippen LogP contribution in [0, 0.1) is 17.0 Å². The maximum absolute atomic E-state index is 11.2. The molecule has 0 heterocycles. The number of hydrogen-bond donors (Lipinski definition) is 2. The van der Waals surface area contributed by atoms with Crippen molar-refractivity contribution in [3.8, 4) is 0 Å². The molecular formula is C12H16N2O4. The van der Waals surface area contributed by atoms with Crippen molar-refractivity contribution < 1.29 is 14.8 Å². The van der Waals surface area contributed by atoms with Gasteiger partial charge in [0.15, 0.2) is 0 Å². The Kier molecular flexibility index (Phi) is 3.90. The van der Waals surface area contributed by atoms with Gasteiger partial charge in [-0.05, 0) is 26.3 Å². The minimum absolute atomic E-state index is 0.0848. The van der Waals surface area contributed by atoms with Gasteiger partial charge < -0.3 is 10.4 Å². The summed E-state index contributed by atoms with van der Waals surface area (Å²) in [5.74, 6) is -1.04. The minimum Gasteiger partial charge on any atom is -0.480 e. The predicted octanol–water partition coefficient (Wildman–Crippen LogP) is 2.57. The molecule has 18 heavy (non-hydrogen) atoms. The van der Waals surface area contributed by atoms with E-state index in [1.807, 2.05) is 0 Å². The molecule has 0 fully saturated rings. The Hall–Kier alpha value is -2.11. The maximum Gasteiger partial charge on any atom is 0.329 e. The van der Waals surface area contributed by atoms with E-state index in [9.17, 15) is 14.9 Å². The number of nitro groups is 1. The van der Waals surface area contributed by atoms with Crippen LogP contribution in [-0.4, -0.2) is 21.5 Å². The smallest absolute Gasteiger partial charge is 0.329 e. The number of carboxylic acids is 1. The first-order chi connectivity index (χ1) is 8.31. The number of hydrogen-bond acceptors (Lipinski definition) is 4. The number of benzene rings is 1. The quantitative estimate of drug-likeness (QED) is 0.620. The molecule has 0 saturated carbocycles. The number of nitrogens with one attached hydrogen (secondary N) is 1. The molecule has 0 aromatic heterocycles. The monoisotopic (exact) mass is 252 g/mol. The molecule has 98 valence electrons. The summed E-state index contributed by atoms with van der Waals surface area (Å²) in [4.78, 5) is 21.7. The number of nitrogens with zero attached hydrogens (tertiary/aromatic N) is 1. The van der Waals surface area contributed by atoms with E-state index in [2.05, 4.69) is 5.32 Å². The molecule has 6 nitrogen and oxygen atoms in total. The Morgan fingerprint density at radius 1 is 1.56 bits per heavy atom. The zero-order chi connectivity index (χ0) is 13.9. The molecule has 0 aliphatic heterocycles. The lowest BCUT2D eigenvalue weighted by atomic mass is 9.98. The lowest BCUT2D eigenvalue weighted by Crippen LogP contribution is -2.42. The van der Waals surface area contributed by atoms with Crippen molar-refractivity contribution in [2.24, 2.45) is 0 Å². The summed E-state index contributed by atoms with van der Waals surface area (Å²) in [6.07, 6.45) is 0.313. The Balaban J connectivity index is 3.23. The Bertz CT molecular complexity index is 487. The summed E-state index contributed by atoms with van der Waals surface area (Å²) >= 11 is 0. The molecule has 0 radical (unpaired) electrons. The average Bonchev–Trinajstić information content (AvgIpc) is 2.28. The van der Waals surface area contributed by atoms with Crippen molar-refractivity contribution in [1.82, 2.24) is 0 Å². The highest BCUT2D eigenvalue weighted by atomic mass is 16.6. The highest BCUT2D eigenvalue weighted by molar-refractivity contribution is 5.83. The molecule has 2 N–H and O–H groups in total. The normalized spacial score (nSPS) is 13.7. The third-order valence-corrected chi connectivity index (χ3v) is 3.01. The van der Waals surface area contributed by atoms with E-state index in [-0.39, 0.29) is 11.4 Å². The second kappa shape index (κ2) is 5.03. The maximum atomic E-state index is 11.2. The SMILES string of the molecule is CCC(C)(Nc1cccc(C)c1[N+](=O)[O-])C(=O)O. The van der Waals surface area contributed by atoms with Gasteiger partial charge in [-0.3, -0.25) is 10.1 Å². The van der Waals surface area contributed by atoms with Crippen molar-refractivity contribution in [3.63, 3.8) is 0 Å². The third-order valence-electron chi connectivity index (χ3n) is 3.01. The lowest BCUT2D eigenvalue weighted by molar-refractivity contribution is -0.384. The molecule has 0 aliphatic rings. The van der Waals surface area contributed by atoms with E-state index in [4.69, 9.17) is 5.11 Å². The van der Waals surface area contributed by atoms with Crippen LogP contribution in [0.15, 0.2) is 18.2 Å². The fourth-order valence-electron chi connectivity index (χ4n) is 1.59. The molecule has 0 saturated heterocycles. The molecule has 1 atom stereocenters. The lowest BCUT2D eigenvalue weighted by Gasteiger charge is -2.25. The fourth-order valence-corrected chi connectivity index (χ4v) is 1.59. The summed E-state index contributed by atoms with van der Waals surface area (Å²) in [7, 11) is 0. The van der Waals surface area contributed by atoms with Gasteiger partial charge in [-0.15, -0.1) is 0 Å². The van der Waals surface area contributed by atoms with Gasteiger partial charge in [-0.1, -0.05) is 19.1 Å². The number of carbonyl (C=O) groups is 1. The summed E-state index contributed by atoms with van der Waals surface area (Å²) in [5, 5.41) is 22.9. The fraction of sp³-hybridized carbons (Fsp3) is 0.417. The molecule has 1 aromatic carbocycles. The molecule has 0 bridgehead atoms. The molecule has 6 heteroatoms. The molecule has 1 rings (SSSR count). The number of aliphatic carboxylic acids is 1. The van der Waals surface area contributed by atoms with E-state index in [1.54, 1.807) is 26.0 Å². The molecule has 0 aliphatic carbocycles. The van der Waals surface area contributed by atoms with Crippen molar-refractivity contribution >= 4 is 17.3 Å². The number of rotatable bonds is 5. The van der Waals surface area contributed by atoms with Crippen LogP contribution < -0.4 is 5.32 Å². The topological polar surface area (TPSA) is 92.5 Å². The zero-order valence-electron chi connectivity index (χ0n) is 10.6. The predicted molar refractivity (Wildman–Crippen MR) is 67.8 cm³/mol. The summed E-state index contributed by atoms with van der Waals surface area (Å²) in [6, 6.07) is 4.79. The minimum atomic E-state index is -1.22. The number of para-hydroxylation sites is 1. The number of nitro benzene ring substituents is 1. The number of aryl methyl sites for hydroxylation is 1. The van der Waals surface area contributed by atoms with E-state index in [0.717, 1.165) is 0 Å². The van der Waals surface area contributed by atoms with Crippen LogP contribution >= 0.6 is 0 Å².